The molecular weight excluding hydrogens is 285 g/mol. The maximum atomic E-state index is 12.4. The molecule has 1 aromatic carbocycles. The maximum absolute atomic E-state index is 12.4. The van der Waals surface area contributed by atoms with E-state index in [0.29, 0.717) is 17.2 Å². The van der Waals surface area contributed by atoms with Crippen molar-refractivity contribution in [1.82, 2.24) is 4.98 Å². The van der Waals surface area contributed by atoms with Crippen molar-refractivity contribution in [3.8, 4) is 17.4 Å². The third kappa shape index (κ3) is 3.56. The van der Waals surface area contributed by atoms with Gasteiger partial charge in [0.1, 0.15) is 11.5 Å². The van der Waals surface area contributed by atoms with Gasteiger partial charge in [-0.2, -0.15) is 13.2 Å². The molecule has 0 aliphatic carbocycles. The van der Waals surface area contributed by atoms with Crippen LogP contribution < -0.4 is 14.8 Å². The highest BCUT2D eigenvalue weighted by atomic mass is 19.4. The zero-order valence-electron chi connectivity index (χ0n) is 11.4. The van der Waals surface area contributed by atoms with Crippen LogP contribution in [0.3, 0.4) is 0 Å². The van der Waals surface area contributed by atoms with Gasteiger partial charge in [-0.05, 0) is 18.2 Å². The average molecular weight is 298 g/mol. The number of nitrogens with one attached hydrogen (secondary N) is 1. The summed E-state index contributed by atoms with van der Waals surface area (Å²) in [5, 5.41) is 2.93. The molecule has 1 heterocycles. The largest absolute Gasteiger partial charge is 0.495 e. The molecule has 0 unspecified atom stereocenters. The van der Waals surface area contributed by atoms with E-state index < -0.39 is 11.7 Å². The number of methoxy groups -OCH3 is 1. The number of hydrogen-bond donors (Lipinski definition) is 1. The van der Waals surface area contributed by atoms with Gasteiger partial charge in [0.2, 0.25) is 5.88 Å². The van der Waals surface area contributed by atoms with Crippen LogP contribution in [0.5, 0.6) is 17.4 Å². The van der Waals surface area contributed by atoms with Gasteiger partial charge in [-0.3, -0.25) is 0 Å². The fraction of sp³-hybridized carbons (Fsp3) is 0.214. The predicted molar refractivity (Wildman–Crippen MR) is 71.9 cm³/mol. The molecule has 0 bridgehead atoms. The van der Waals surface area contributed by atoms with Gasteiger partial charge in [-0.1, -0.05) is 0 Å². The first-order chi connectivity index (χ1) is 9.94. The molecule has 0 aliphatic heterocycles. The molecule has 0 saturated carbocycles. The Hall–Kier alpha value is -2.44. The van der Waals surface area contributed by atoms with E-state index >= 15 is 0 Å². The van der Waals surface area contributed by atoms with Crippen LogP contribution in [0.1, 0.15) is 5.56 Å². The molecule has 7 heteroatoms. The Morgan fingerprint density at radius 1 is 1.14 bits per heavy atom. The van der Waals surface area contributed by atoms with Crippen LogP contribution in [0.15, 0.2) is 36.5 Å². The number of aromatic nitrogens is 1. The lowest BCUT2D eigenvalue weighted by atomic mass is 10.2. The van der Waals surface area contributed by atoms with E-state index in [0.717, 1.165) is 12.3 Å². The summed E-state index contributed by atoms with van der Waals surface area (Å²) in [6.07, 6.45) is -3.68. The van der Waals surface area contributed by atoms with Crippen molar-refractivity contribution in [2.75, 3.05) is 19.5 Å². The Labute approximate surface area is 119 Å². The van der Waals surface area contributed by atoms with Gasteiger partial charge in [-0.15, -0.1) is 0 Å². The molecule has 0 fully saturated rings. The summed E-state index contributed by atoms with van der Waals surface area (Å²) in [5.74, 6) is 1.15. The van der Waals surface area contributed by atoms with Crippen molar-refractivity contribution in [3.05, 3.63) is 42.1 Å². The molecule has 1 aromatic heterocycles. The van der Waals surface area contributed by atoms with Gasteiger partial charge in [0.25, 0.3) is 0 Å². The number of halogens is 3. The molecule has 21 heavy (non-hydrogen) atoms. The number of pyridine rings is 1. The molecule has 0 aliphatic rings. The standard InChI is InChI=1S/C14H13F3N2O2/c1-18-11-7-10(4-5-12(11)20-2)21-13-6-3-9(8-19-13)14(15,16)17/h3-8,18H,1-2H3. The van der Waals surface area contributed by atoms with Gasteiger partial charge in [0.05, 0.1) is 18.4 Å². The SMILES string of the molecule is CNc1cc(Oc2ccc(C(F)(F)F)cn2)ccc1OC. The quantitative estimate of drug-likeness (QED) is 0.928. The lowest BCUT2D eigenvalue weighted by Crippen LogP contribution is -2.05. The lowest BCUT2D eigenvalue weighted by Gasteiger charge is -2.11. The fourth-order valence-electron chi connectivity index (χ4n) is 1.68. The summed E-state index contributed by atoms with van der Waals surface area (Å²) in [6.45, 7) is 0. The number of rotatable bonds is 4. The summed E-state index contributed by atoms with van der Waals surface area (Å²) in [6, 6.07) is 7.08. The Morgan fingerprint density at radius 3 is 2.43 bits per heavy atom. The third-order valence-corrected chi connectivity index (χ3v) is 2.73. The molecule has 0 atom stereocenters. The summed E-state index contributed by atoms with van der Waals surface area (Å²) < 4.78 is 47.8. The molecule has 0 amide bonds. The highest BCUT2D eigenvalue weighted by Gasteiger charge is 2.30. The highest BCUT2D eigenvalue weighted by Crippen LogP contribution is 2.32. The van der Waals surface area contributed by atoms with Gasteiger partial charge < -0.3 is 14.8 Å². The fourth-order valence-corrected chi connectivity index (χ4v) is 1.68. The van der Waals surface area contributed by atoms with E-state index in [1.165, 1.54) is 13.2 Å². The Kier molecular flexibility index (Phi) is 4.21. The second-order valence-electron chi connectivity index (χ2n) is 4.10. The molecule has 112 valence electrons. The summed E-state index contributed by atoms with van der Waals surface area (Å²) in [4.78, 5) is 3.64. The van der Waals surface area contributed by atoms with Crippen LogP contribution in [0.4, 0.5) is 18.9 Å². The number of benzene rings is 1. The van der Waals surface area contributed by atoms with Crippen LogP contribution >= 0.6 is 0 Å². The zero-order chi connectivity index (χ0) is 15.5. The second-order valence-corrected chi connectivity index (χ2v) is 4.10. The molecule has 0 spiro atoms. The number of alkyl halides is 3. The molecule has 2 rings (SSSR count). The zero-order valence-corrected chi connectivity index (χ0v) is 11.4. The van der Waals surface area contributed by atoms with E-state index in [4.69, 9.17) is 9.47 Å². The first-order valence-electron chi connectivity index (χ1n) is 6.01. The molecule has 1 N–H and O–H groups in total. The number of ether oxygens (including phenoxy) is 2. The van der Waals surface area contributed by atoms with E-state index in [1.54, 1.807) is 25.2 Å². The predicted octanol–water partition coefficient (Wildman–Crippen LogP) is 3.94. The number of nitrogens with zero attached hydrogens (tertiary/aromatic N) is 1. The Balaban J connectivity index is 2.18. The second kappa shape index (κ2) is 5.90. The van der Waals surface area contributed by atoms with E-state index in [9.17, 15) is 13.2 Å². The van der Waals surface area contributed by atoms with Crippen molar-refractivity contribution in [2.45, 2.75) is 6.18 Å². The lowest BCUT2D eigenvalue weighted by molar-refractivity contribution is -0.137. The van der Waals surface area contributed by atoms with E-state index in [1.807, 2.05) is 0 Å². The van der Waals surface area contributed by atoms with Gasteiger partial charge in [-0.25, -0.2) is 4.98 Å². The molecule has 0 radical (unpaired) electrons. The maximum Gasteiger partial charge on any atom is 0.417 e. The van der Waals surface area contributed by atoms with Crippen molar-refractivity contribution in [1.29, 1.82) is 0 Å². The minimum Gasteiger partial charge on any atom is -0.495 e. The Bertz CT molecular complexity index is 613. The number of hydrogen-bond acceptors (Lipinski definition) is 4. The number of anilines is 1. The summed E-state index contributed by atoms with van der Waals surface area (Å²) in [5.41, 5.74) is -0.123. The monoisotopic (exact) mass is 298 g/mol. The minimum absolute atomic E-state index is 0.0789. The minimum atomic E-state index is -4.41. The normalized spacial score (nSPS) is 11.1. The third-order valence-electron chi connectivity index (χ3n) is 2.73. The van der Waals surface area contributed by atoms with Crippen LogP contribution in [-0.4, -0.2) is 19.1 Å². The van der Waals surface area contributed by atoms with Crippen LogP contribution in [0, 0.1) is 0 Å². The van der Waals surface area contributed by atoms with Gasteiger partial charge in [0.15, 0.2) is 0 Å². The van der Waals surface area contributed by atoms with Gasteiger partial charge in [0, 0.05) is 25.4 Å². The summed E-state index contributed by atoms with van der Waals surface area (Å²) in [7, 11) is 3.26. The molecule has 2 aromatic rings. The first kappa shape index (κ1) is 15.0. The van der Waals surface area contributed by atoms with Crippen molar-refractivity contribution >= 4 is 5.69 Å². The average Bonchev–Trinajstić information content (AvgIpc) is 2.46. The van der Waals surface area contributed by atoms with Crippen molar-refractivity contribution < 1.29 is 22.6 Å². The first-order valence-corrected chi connectivity index (χ1v) is 6.01. The molecular formula is C14H13F3N2O2. The van der Waals surface area contributed by atoms with Gasteiger partial charge >= 0.3 is 6.18 Å². The molecule has 0 saturated heterocycles. The van der Waals surface area contributed by atoms with E-state index in [2.05, 4.69) is 10.3 Å². The van der Waals surface area contributed by atoms with E-state index in [-0.39, 0.29) is 5.88 Å². The topological polar surface area (TPSA) is 43.4 Å². The smallest absolute Gasteiger partial charge is 0.417 e. The van der Waals surface area contributed by atoms with Crippen LogP contribution in [0.25, 0.3) is 0 Å². The van der Waals surface area contributed by atoms with Crippen LogP contribution in [0.2, 0.25) is 0 Å². The van der Waals surface area contributed by atoms with Crippen molar-refractivity contribution in [2.24, 2.45) is 0 Å². The Morgan fingerprint density at radius 2 is 1.90 bits per heavy atom. The summed E-state index contributed by atoms with van der Waals surface area (Å²) >= 11 is 0. The van der Waals surface area contributed by atoms with Crippen molar-refractivity contribution in [3.63, 3.8) is 0 Å². The van der Waals surface area contributed by atoms with Crippen LogP contribution in [-0.2, 0) is 6.18 Å². The highest BCUT2D eigenvalue weighted by molar-refractivity contribution is 5.59. The molecule has 4 nitrogen and oxygen atoms in total.